The highest BCUT2D eigenvalue weighted by molar-refractivity contribution is 5.85. The van der Waals surface area contributed by atoms with Crippen LogP contribution in [0.4, 0.5) is 0 Å². The molecular weight excluding hydrogens is 228 g/mol. The number of hydrogen-bond donors (Lipinski definition) is 2. The molecule has 5 nitrogen and oxygen atoms in total. The SMILES string of the molecule is Cc1ccn(CC(NC2CC2)(C(N)=O)C2CC2)n1. The molecule has 3 rings (SSSR count). The maximum atomic E-state index is 12.0. The zero-order valence-electron chi connectivity index (χ0n) is 10.7. The van der Waals surface area contributed by atoms with Gasteiger partial charge >= 0.3 is 0 Å². The fourth-order valence-electron chi connectivity index (χ4n) is 2.62. The molecule has 2 fully saturated rings. The molecule has 1 unspecified atom stereocenters. The quantitative estimate of drug-likeness (QED) is 0.773. The molecule has 0 aliphatic heterocycles. The Hall–Kier alpha value is -1.36. The molecule has 1 aromatic rings. The number of primary amides is 1. The summed E-state index contributed by atoms with van der Waals surface area (Å²) >= 11 is 0. The van der Waals surface area contributed by atoms with Crippen LogP contribution in [0.15, 0.2) is 12.3 Å². The third-order valence-corrected chi connectivity index (χ3v) is 3.94. The van der Waals surface area contributed by atoms with E-state index in [1.807, 2.05) is 23.9 Å². The van der Waals surface area contributed by atoms with Crippen LogP contribution in [0.3, 0.4) is 0 Å². The molecule has 98 valence electrons. The summed E-state index contributed by atoms with van der Waals surface area (Å²) < 4.78 is 1.84. The Morgan fingerprint density at radius 1 is 1.56 bits per heavy atom. The van der Waals surface area contributed by atoms with E-state index in [-0.39, 0.29) is 5.91 Å². The summed E-state index contributed by atoms with van der Waals surface area (Å²) in [5.74, 6) is 0.144. The standard InChI is InChI=1S/C13H20N4O/c1-9-6-7-17(16-9)8-13(12(14)18,10-2-3-10)15-11-4-5-11/h6-7,10-11,15H,2-5,8H2,1H3,(H2,14,18). The van der Waals surface area contributed by atoms with Gasteiger partial charge in [0.2, 0.25) is 5.91 Å². The summed E-state index contributed by atoms with van der Waals surface area (Å²) in [6, 6.07) is 2.42. The summed E-state index contributed by atoms with van der Waals surface area (Å²) in [7, 11) is 0. The molecule has 2 aliphatic carbocycles. The predicted octanol–water partition coefficient (Wildman–Crippen LogP) is 0.578. The molecule has 1 atom stereocenters. The van der Waals surface area contributed by atoms with Crippen molar-refractivity contribution in [3.8, 4) is 0 Å². The van der Waals surface area contributed by atoms with Crippen molar-refractivity contribution in [2.45, 2.75) is 50.7 Å². The van der Waals surface area contributed by atoms with Gasteiger partial charge < -0.3 is 5.73 Å². The van der Waals surface area contributed by atoms with Gasteiger partial charge in [-0.3, -0.25) is 14.8 Å². The van der Waals surface area contributed by atoms with Crippen molar-refractivity contribution in [3.63, 3.8) is 0 Å². The van der Waals surface area contributed by atoms with Crippen molar-refractivity contribution in [2.75, 3.05) is 0 Å². The Bertz CT molecular complexity index is 461. The van der Waals surface area contributed by atoms with Crippen LogP contribution in [0.1, 0.15) is 31.4 Å². The fraction of sp³-hybridized carbons (Fsp3) is 0.692. The van der Waals surface area contributed by atoms with E-state index in [2.05, 4.69) is 10.4 Å². The normalized spacial score (nSPS) is 22.7. The molecule has 0 bridgehead atoms. The summed E-state index contributed by atoms with van der Waals surface area (Å²) in [5, 5.41) is 7.87. The van der Waals surface area contributed by atoms with Crippen molar-refractivity contribution in [1.29, 1.82) is 0 Å². The number of nitrogens with one attached hydrogen (secondary N) is 1. The number of aryl methyl sites for hydroxylation is 1. The highest BCUT2D eigenvalue weighted by Gasteiger charge is 2.52. The summed E-state index contributed by atoms with van der Waals surface area (Å²) in [6.07, 6.45) is 6.40. The van der Waals surface area contributed by atoms with Crippen molar-refractivity contribution in [2.24, 2.45) is 11.7 Å². The first-order valence-corrected chi connectivity index (χ1v) is 6.68. The predicted molar refractivity (Wildman–Crippen MR) is 67.8 cm³/mol. The van der Waals surface area contributed by atoms with Crippen LogP contribution in [0.25, 0.3) is 0 Å². The second-order valence-electron chi connectivity index (χ2n) is 5.68. The Morgan fingerprint density at radius 3 is 2.72 bits per heavy atom. The first-order chi connectivity index (χ1) is 8.60. The van der Waals surface area contributed by atoms with Crippen LogP contribution in [-0.4, -0.2) is 27.3 Å². The Morgan fingerprint density at radius 2 is 2.28 bits per heavy atom. The van der Waals surface area contributed by atoms with Gasteiger partial charge in [-0.2, -0.15) is 5.10 Å². The van der Waals surface area contributed by atoms with Gasteiger partial charge in [-0.1, -0.05) is 0 Å². The molecule has 0 spiro atoms. The second-order valence-corrected chi connectivity index (χ2v) is 5.68. The number of aromatic nitrogens is 2. The third-order valence-electron chi connectivity index (χ3n) is 3.94. The van der Waals surface area contributed by atoms with Gasteiger partial charge in [-0.25, -0.2) is 0 Å². The molecule has 0 aromatic carbocycles. The number of amides is 1. The lowest BCUT2D eigenvalue weighted by Crippen LogP contribution is -2.60. The summed E-state index contributed by atoms with van der Waals surface area (Å²) in [4.78, 5) is 12.0. The molecule has 2 aliphatic rings. The fourth-order valence-corrected chi connectivity index (χ4v) is 2.62. The zero-order valence-corrected chi connectivity index (χ0v) is 10.7. The van der Waals surface area contributed by atoms with Crippen LogP contribution >= 0.6 is 0 Å². The minimum atomic E-state index is -0.598. The molecule has 1 aromatic heterocycles. The lowest BCUT2D eigenvalue weighted by Gasteiger charge is -2.32. The number of nitrogens with two attached hydrogens (primary N) is 1. The lowest BCUT2D eigenvalue weighted by atomic mass is 9.91. The van der Waals surface area contributed by atoms with Crippen LogP contribution in [0.2, 0.25) is 0 Å². The molecule has 5 heteroatoms. The molecule has 1 amide bonds. The third kappa shape index (κ3) is 2.14. The highest BCUT2D eigenvalue weighted by Crippen LogP contribution is 2.42. The van der Waals surface area contributed by atoms with Crippen LogP contribution < -0.4 is 11.1 Å². The van der Waals surface area contributed by atoms with E-state index in [1.54, 1.807) is 0 Å². The van der Waals surface area contributed by atoms with Gasteiger partial charge in [-0.15, -0.1) is 0 Å². The number of carbonyl (C=O) groups excluding carboxylic acids is 1. The number of carbonyl (C=O) groups is 1. The molecule has 2 saturated carbocycles. The van der Waals surface area contributed by atoms with E-state index in [0.29, 0.717) is 18.5 Å². The maximum absolute atomic E-state index is 12.0. The smallest absolute Gasteiger partial charge is 0.239 e. The molecule has 0 radical (unpaired) electrons. The average Bonchev–Trinajstić information content (AvgIpc) is 3.19. The summed E-state index contributed by atoms with van der Waals surface area (Å²) in [6.45, 7) is 2.51. The molecule has 1 heterocycles. The minimum Gasteiger partial charge on any atom is -0.368 e. The van der Waals surface area contributed by atoms with Crippen molar-refractivity contribution >= 4 is 5.91 Å². The van der Waals surface area contributed by atoms with Crippen molar-refractivity contribution in [3.05, 3.63) is 18.0 Å². The van der Waals surface area contributed by atoms with Gasteiger partial charge in [0.25, 0.3) is 0 Å². The van der Waals surface area contributed by atoms with E-state index in [1.165, 1.54) is 0 Å². The van der Waals surface area contributed by atoms with E-state index >= 15 is 0 Å². The molecule has 18 heavy (non-hydrogen) atoms. The minimum absolute atomic E-state index is 0.231. The van der Waals surface area contributed by atoms with Crippen LogP contribution in [0, 0.1) is 12.8 Å². The molecular formula is C13H20N4O. The number of hydrogen-bond acceptors (Lipinski definition) is 3. The van der Waals surface area contributed by atoms with E-state index in [0.717, 1.165) is 31.4 Å². The maximum Gasteiger partial charge on any atom is 0.239 e. The highest BCUT2D eigenvalue weighted by atomic mass is 16.1. The van der Waals surface area contributed by atoms with Crippen LogP contribution in [-0.2, 0) is 11.3 Å². The average molecular weight is 248 g/mol. The second kappa shape index (κ2) is 4.09. The van der Waals surface area contributed by atoms with Crippen molar-refractivity contribution < 1.29 is 4.79 Å². The van der Waals surface area contributed by atoms with E-state index in [4.69, 9.17) is 5.73 Å². The van der Waals surface area contributed by atoms with Crippen molar-refractivity contribution in [1.82, 2.24) is 15.1 Å². The van der Waals surface area contributed by atoms with Gasteiger partial charge in [0.05, 0.1) is 12.2 Å². The van der Waals surface area contributed by atoms with Gasteiger partial charge in [0.15, 0.2) is 0 Å². The Labute approximate surface area is 107 Å². The molecule has 3 N–H and O–H groups in total. The molecule has 0 saturated heterocycles. The first kappa shape index (κ1) is 11.7. The Balaban J connectivity index is 1.84. The van der Waals surface area contributed by atoms with E-state index in [9.17, 15) is 4.79 Å². The monoisotopic (exact) mass is 248 g/mol. The van der Waals surface area contributed by atoms with Gasteiger partial charge in [0.1, 0.15) is 5.54 Å². The zero-order chi connectivity index (χ0) is 12.8. The lowest BCUT2D eigenvalue weighted by molar-refractivity contribution is -0.126. The first-order valence-electron chi connectivity index (χ1n) is 6.68. The largest absolute Gasteiger partial charge is 0.368 e. The van der Waals surface area contributed by atoms with E-state index < -0.39 is 5.54 Å². The Kier molecular flexibility index (Phi) is 2.66. The number of nitrogens with zero attached hydrogens (tertiary/aromatic N) is 2. The topological polar surface area (TPSA) is 72.9 Å². The van der Waals surface area contributed by atoms with Crippen LogP contribution in [0.5, 0.6) is 0 Å². The summed E-state index contributed by atoms with van der Waals surface area (Å²) in [5.41, 5.74) is 6.07. The van der Waals surface area contributed by atoms with Gasteiger partial charge in [0, 0.05) is 12.2 Å². The number of rotatable bonds is 6. The van der Waals surface area contributed by atoms with Gasteiger partial charge in [-0.05, 0) is 44.6 Å².